The zero-order valence-corrected chi connectivity index (χ0v) is 15.3. The fourth-order valence-electron chi connectivity index (χ4n) is 2.67. The Labute approximate surface area is 161 Å². The predicted octanol–water partition coefficient (Wildman–Crippen LogP) is 3.24. The normalized spacial score (nSPS) is 10.9. The zero-order valence-electron chi connectivity index (χ0n) is 15.3. The Kier molecular flexibility index (Phi) is 5.91. The highest BCUT2D eigenvalue weighted by atomic mass is 16.6. The number of benzene rings is 2. The summed E-state index contributed by atoms with van der Waals surface area (Å²) >= 11 is 0. The second-order valence-electron chi connectivity index (χ2n) is 6.14. The Hall–Kier alpha value is -3.81. The summed E-state index contributed by atoms with van der Waals surface area (Å²) in [7, 11) is 0. The molecule has 0 spiro atoms. The number of hydrazone groups is 1. The van der Waals surface area contributed by atoms with E-state index in [1.54, 1.807) is 18.3 Å². The van der Waals surface area contributed by atoms with Crippen molar-refractivity contribution in [3.63, 3.8) is 0 Å². The van der Waals surface area contributed by atoms with Crippen molar-refractivity contribution >= 4 is 17.8 Å². The summed E-state index contributed by atoms with van der Waals surface area (Å²) in [5, 5.41) is 21.6. The van der Waals surface area contributed by atoms with Crippen molar-refractivity contribution in [2.45, 2.75) is 19.8 Å². The Balaban J connectivity index is 1.61. The molecule has 142 valence electrons. The molecule has 0 bridgehead atoms. The summed E-state index contributed by atoms with van der Waals surface area (Å²) in [6.45, 7) is 2.10. The van der Waals surface area contributed by atoms with Gasteiger partial charge in [0.25, 0.3) is 5.69 Å². The van der Waals surface area contributed by atoms with Gasteiger partial charge in [0.2, 0.25) is 5.91 Å². The lowest BCUT2D eigenvalue weighted by atomic mass is 10.1. The molecule has 2 aromatic carbocycles. The number of nitrogens with one attached hydrogen (secondary N) is 2. The summed E-state index contributed by atoms with van der Waals surface area (Å²) in [6, 6.07) is 14.0. The molecular formula is C20H19N5O3. The molecule has 0 fully saturated rings. The van der Waals surface area contributed by atoms with E-state index in [2.05, 4.69) is 39.8 Å². The largest absolute Gasteiger partial charge is 0.277 e. The van der Waals surface area contributed by atoms with Gasteiger partial charge in [-0.2, -0.15) is 10.2 Å². The lowest BCUT2D eigenvalue weighted by Crippen LogP contribution is -2.19. The first kappa shape index (κ1) is 19.0. The van der Waals surface area contributed by atoms with Gasteiger partial charge in [-0.3, -0.25) is 20.0 Å². The van der Waals surface area contributed by atoms with Crippen LogP contribution in [0.2, 0.25) is 0 Å². The van der Waals surface area contributed by atoms with Crippen LogP contribution in [-0.4, -0.2) is 27.2 Å². The van der Waals surface area contributed by atoms with Crippen LogP contribution in [0.5, 0.6) is 0 Å². The van der Waals surface area contributed by atoms with Gasteiger partial charge >= 0.3 is 0 Å². The lowest BCUT2D eigenvalue weighted by Gasteiger charge is -2.02. The van der Waals surface area contributed by atoms with Crippen molar-refractivity contribution in [3.05, 3.63) is 81.5 Å². The minimum absolute atomic E-state index is 0.0124. The van der Waals surface area contributed by atoms with Gasteiger partial charge in [0.1, 0.15) is 0 Å². The van der Waals surface area contributed by atoms with Gasteiger partial charge in [-0.15, -0.1) is 0 Å². The average Bonchev–Trinajstić information content (AvgIpc) is 3.17. The van der Waals surface area contributed by atoms with E-state index in [9.17, 15) is 14.9 Å². The number of aromatic amines is 1. The summed E-state index contributed by atoms with van der Waals surface area (Å²) < 4.78 is 0. The Morgan fingerprint density at radius 1 is 1.18 bits per heavy atom. The minimum atomic E-state index is -0.480. The number of H-pyrrole nitrogens is 1. The van der Waals surface area contributed by atoms with Crippen molar-refractivity contribution in [3.8, 4) is 11.3 Å². The molecule has 0 radical (unpaired) electrons. The molecule has 0 atom stereocenters. The predicted molar refractivity (Wildman–Crippen MR) is 106 cm³/mol. The van der Waals surface area contributed by atoms with Crippen molar-refractivity contribution in [2.75, 3.05) is 0 Å². The van der Waals surface area contributed by atoms with E-state index < -0.39 is 4.92 Å². The van der Waals surface area contributed by atoms with E-state index in [0.29, 0.717) is 5.56 Å². The number of carbonyl (C=O) groups is 1. The van der Waals surface area contributed by atoms with Gasteiger partial charge in [0.05, 0.1) is 29.4 Å². The van der Waals surface area contributed by atoms with E-state index in [0.717, 1.165) is 23.2 Å². The van der Waals surface area contributed by atoms with E-state index in [-0.39, 0.29) is 18.0 Å². The number of aromatic nitrogens is 2. The number of amides is 1. The van der Waals surface area contributed by atoms with Gasteiger partial charge in [0.15, 0.2) is 0 Å². The zero-order chi connectivity index (χ0) is 19.9. The van der Waals surface area contributed by atoms with E-state index in [4.69, 9.17) is 0 Å². The second kappa shape index (κ2) is 8.72. The smallest absolute Gasteiger partial charge is 0.269 e. The molecule has 1 heterocycles. The van der Waals surface area contributed by atoms with Crippen molar-refractivity contribution < 1.29 is 9.72 Å². The molecule has 3 aromatic rings. The number of nitro groups is 1. The molecule has 0 saturated heterocycles. The third-order valence-electron chi connectivity index (χ3n) is 4.22. The van der Waals surface area contributed by atoms with Crippen LogP contribution in [0.25, 0.3) is 11.3 Å². The van der Waals surface area contributed by atoms with E-state index >= 15 is 0 Å². The van der Waals surface area contributed by atoms with Crippen LogP contribution in [0.4, 0.5) is 5.69 Å². The number of carbonyl (C=O) groups excluding carboxylic acids is 1. The molecule has 28 heavy (non-hydrogen) atoms. The van der Waals surface area contributed by atoms with E-state index in [1.807, 2.05) is 12.1 Å². The van der Waals surface area contributed by atoms with Crippen molar-refractivity contribution in [1.82, 2.24) is 15.6 Å². The first-order chi connectivity index (χ1) is 13.6. The number of non-ortho nitro benzene ring substituents is 1. The molecule has 8 nitrogen and oxygen atoms in total. The van der Waals surface area contributed by atoms with Gasteiger partial charge in [0, 0.05) is 23.3 Å². The van der Waals surface area contributed by atoms with Crippen LogP contribution in [0.15, 0.2) is 59.8 Å². The first-order valence-corrected chi connectivity index (χ1v) is 8.74. The second-order valence-corrected chi connectivity index (χ2v) is 6.14. The standard InChI is InChI=1S/C20H19N5O3/c1-2-14-3-7-16(8-4-14)20-17(13-22-24-20)12-21-23-19(26)11-15-5-9-18(10-6-15)25(27)28/h3-10,12-13H,2,11H2,1H3,(H,22,24)(H,23,26). The van der Waals surface area contributed by atoms with Gasteiger partial charge in [-0.25, -0.2) is 5.43 Å². The van der Waals surface area contributed by atoms with Gasteiger partial charge in [-0.05, 0) is 17.5 Å². The highest BCUT2D eigenvalue weighted by Gasteiger charge is 2.08. The number of rotatable bonds is 7. The SMILES string of the molecule is CCc1ccc(-c2[nH]ncc2C=NNC(=O)Cc2ccc([N+](=O)[O-])cc2)cc1. The number of nitro benzene ring substituents is 1. The third-order valence-corrected chi connectivity index (χ3v) is 4.22. The van der Waals surface area contributed by atoms with E-state index in [1.165, 1.54) is 23.9 Å². The van der Waals surface area contributed by atoms with Crippen LogP contribution in [0, 0.1) is 10.1 Å². The van der Waals surface area contributed by atoms with Crippen LogP contribution in [-0.2, 0) is 17.6 Å². The topological polar surface area (TPSA) is 113 Å². The fourth-order valence-corrected chi connectivity index (χ4v) is 2.67. The summed E-state index contributed by atoms with van der Waals surface area (Å²) in [5.41, 5.74) is 6.90. The number of hydrogen-bond donors (Lipinski definition) is 2. The summed E-state index contributed by atoms with van der Waals surface area (Å²) in [4.78, 5) is 22.2. The van der Waals surface area contributed by atoms with Crippen LogP contribution in [0.3, 0.4) is 0 Å². The van der Waals surface area contributed by atoms with Crippen molar-refractivity contribution in [2.24, 2.45) is 5.10 Å². The average molecular weight is 377 g/mol. The maximum absolute atomic E-state index is 12.0. The molecule has 0 aliphatic rings. The van der Waals surface area contributed by atoms with Crippen molar-refractivity contribution in [1.29, 1.82) is 0 Å². The van der Waals surface area contributed by atoms with Crippen LogP contribution >= 0.6 is 0 Å². The molecule has 3 rings (SSSR count). The molecule has 1 amide bonds. The van der Waals surface area contributed by atoms with Crippen LogP contribution < -0.4 is 5.43 Å². The molecule has 2 N–H and O–H groups in total. The highest BCUT2D eigenvalue weighted by molar-refractivity contribution is 5.89. The number of hydrogen-bond acceptors (Lipinski definition) is 5. The van der Waals surface area contributed by atoms with Crippen LogP contribution in [0.1, 0.15) is 23.6 Å². The first-order valence-electron chi connectivity index (χ1n) is 8.74. The molecule has 0 saturated carbocycles. The summed E-state index contributed by atoms with van der Waals surface area (Å²) in [5.74, 6) is -0.317. The summed E-state index contributed by atoms with van der Waals surface area (Å²) in [6.07, 6.45) is 4.21. The monoisotopic (exact) mass is 377 g/mol. The Morgan fingerprint density at radius 2 is 1.86 bits per heavy atom. The Morgan fingerprint density at radius 3 is 2.50 bits per heavy atom. The molecule has 0 aliphatic heterocycles. The molecule has 1 aromatic heterocycles. The lowest BCUT2D eigenvalue weighted by molar-refractivity contribution is -0.384. The number of aryl methyl sites for hydroxylation is 1. The molecule has 0 aliphatic carbocycles. The minimum Gasteiger partial charge on any atom is -0.277 e. The third kappa shape index (κ3) is 4.67. The highest BCUT2D eigenvalue weighted by Crippen LogP contribution is 2.20. The Bertz CT molecular complexity index is 991. The maximum atomic E-state index is 12.0. The molecular weight excluding hydrogens is 358 g/mol. The maximum Gasteiger partial charge on any atom is 0.269 e. The fraction of sp³-hybridized carbons (Fsp3) is 0.150. The quantitative estimate of drug-likeness (QED) is 0.374. The molecule has 0 unspecified atom stereocenters. The number of nitrogens with zero attached hydrogens (tertiary/aromatic N) is 3. The molecule has 8 heteroatoms. The van der Waals surface area contributed by atoms with Gasteiger partial charge < -0.3 is 0 Å². The van der Waals surface area contributed by atoms with Gasteiger partial charge in [-0.1, -0.05) is 43.3 Å².